The molecule has 1 amide bonds. The molecule has 3 nitrogen and oxygen atoms in total. The number of hydrogen-bond acceptors (Lipinski definition) is 2. The third-order valence-corrected chi connectivity index (χ3v) is 4.79. The van der Waals surface area contributed by atoms with Crippen molar-refractivity contribution in [2.24, 2.45) is 5.73 Å². The van der Waals surface area contributed by atoms with Crippen LogP contribution < -0.4 is 11.1 Å². The van der Waals surface area contributed by atoms with Gasteiger partial charge in [-0.1, -0.05) is 24.3 Å². The lowest BCUT2D eigenvalue weighted by Crippen LogP contribution is -2.18. The Morgan fingerprint density at radius 1 is 1.18 bits per heavy atom. The minimum Gasteiger partial charge on any atom is -0.325 e. The summed E-state index contributed by atoms with van der Waals surface area (Å²) in [4.78, 5) is 12.1. The van der Waals surface area contributed by atoms with Crippen molar-refractivity contribution in [1.29, 1.82) is 0 Å². The average molecular weight is 296 g/mol. The van der Waals surface area contributed by atoms with E-state index in [1.54, 1.807) is 13.0 Å². The molecule has 2 aromatic carbocycles. The van der Waals surface area contributed by atoms with Crippen LogP contribution in [-0.2, 0) is 10.2 Å². The lowest BCUT2D eigenvalue weighted by Gasteiger charge is -2.10. The molecule has 2 aliphatic rings. The fourth-order valence-corrected chi connectivity index (χ4v) is 3.31. The Balaban J connectivity index is 1.75. The standard InChI is InChI=1S/C18H17FN2O/c1-10(20)13-4-2-11(8-15(13)19)12-3-5-14-16(9-12)21-17(22)18(14)6-7-18/h2-5,8-10H,6-7,20H2,1H3,(H,21,22). The first-order valence-corrected chi connectivity index (χ1v) is 7.53. The maximum Gasteiger partial charge on any atom is 0.235 e. The molecule has 112 valence electrons. The first-order chi connectivity index (χ1) is 10.5. The number of carbonyl (C=O) groups excluding carboxylic acids is 1. The Kier molecular flexibility index (Phi) is 2.69. The van der Waals surface area contributed by atoms with Crippen LogP contribution in [-0.4, -0.2) is 5.91 Å². The van der Waals surface area contributed by atoms with Gasteiger partial charge in [-0.2, -0.15) is 0 Å². The number of nitrogens with two attached hydrogens (primary N) is 1. The summed E-state index contributed by atoms with van der Waals surface area (Å²) in [5.41, 5.74) is 9.59. The zero-order valence-electron chi connectivity index (χ0n) is 12.3. The van der Waals surface area contributed by atoms with Crippen molar-refractivity contribution >= 4 is 11.6 Å². The van der Waals surface area contributed by atoms with Crippen molar-refractivity contribution in [3.63, 3.8) is 0 Å². The summed E-state index contributed by atoms with van der Waals surface area (Å²) in [5, 5.41) is 2.95. The average Bonchev–Trinajstić information content (AvgIpc) is 3.23. The summed E-state index contributed by atoms with van der Waals surface area (Å²) in [6.07, 6.45) is 1.84. The van der Waals surface area contributed by atoms with E-state index in [0.717, 1.165) is 35.2 Å². The highest BCUT2D eigenvalue weighted by molar-refractivity contribution is 6.08. The molecule has 0 saturated heterocycles. The molecule has 1 spiro atoms. The second-order valence-electron chi connectivity index (χ2n) is 6.32. The Bertz CT molecular complexity index is 794. The normalized spacial score (nSPS) is 19.0. The highest BCUT2D eigenvalue weighted by atomic mass is 19.1. The fourth-order valence-electron chi connectivity index (χ4n) is 3.31. The number of nitrogens with one attached hydrogen (secondary N) is 1. The first kappa shape index (κ1) is 13.5. The van der Waals surface area contributed by atoms with Gasteiger partial charge in [-0.3, -0.25) is 4.79 Å². The fraction of sp³-hybridized carbons (Fsp3) is 0.278. The van der Waals surface area contributed by atoms with E-state index in [1.165, 1.54) is 6.07 Å². The molecular weight excluding hydrogens is 279 g/mol. The van der Waals surface area contributed by atoms with Crippen LogP contribution in [0.4, 0.5) is 10.1 Å². The van der Waals surface area contributed by atoms with Gasteiger partial charge >= 0.3 is 0 Å². The predicted molar refractivity (Wildman–Crippen MR) is 84.0 cm³/mol. The summed E-state index contributed by atoms with van der Waals surface area (Å²) in [5.74, 6) is -0.200. The Labute approximate surface area is 128 Å². The molecule has 4 rings (SSSR count). The molecule has 0 bridgehead atoms. The minimum absolute atomic E-state index is 0.0955. The zero-order valence-corrected chi connectivity index (χ0v) is 12.3. The Morgan fingerprint density at radius 2 is 1.86 bits per heavy atom. The molecule has 1 aliphatic heterocycles. The van der Waals surface area contributed by atoms with Gasteiger partial charge in [0.2, 0.25) is 5.91 Å². The topological polar surface area (TPSA) is 55.1 Å². The van der Waals surface area contributed by atoms with E-state index >= 15 is 0 Å². The van der Waals surface area contributed by atoms with Gasteiger partial charge in [-0.15, -0.1) is 0 Å². The molecule has 1 heterocycles. The van der Waals surface area contributed by atoms with Gasteiger partial charge in [0.15, 0.2) is 0 Å². The minimum atomic E-state index is -0.330. The van der Waals surface area contributed by atoms with Crippen LogP contribution in [0.1, 0.15) is 36.9 Å². The summed E-state index contributed by atoms with van der Waals surface area (Å²) in [6.45, 7) is 1.76. The van der Waals surface area contributed by atoms with E-state index in [1.807, 2.05) is 24.3 Å². The molecule has 1 atom stereocenters. The number of hydrogen-bond donors (Lipinski definition) is 2. The van der Waals surface area contributed by atoms with E-state index < -0.39 is 0 Å². The van der Waals surface area contributed by atoms with E-state index in [4.69, 9.17) is 5.73 Å². The molecule has 1 aliphatic carbocycles. The highest BCUT2D eigenvalue weighted by Crippen LogP contribution is 2.55. The van der Waals surface area contributed by atoms with Gasteiger partial charge in [0.1, 0.15) is 5.82 Å². The van der Waals surface area contributed by atoms with Gasteiger partial charge < -0.3 is 11.1 Å². The molecule has 1 fully saturated rings. The second kappa shape index (κ2) is 4.40. The van der Waals surface area contributed by atoms with Gasteiger partial charge in [0.25, 0.3) is 0 Å². The van der Waals surface area contributed by atoms with Crippen LogP contribution in [0, 0.1) is 5.82 Å². The van der Waals surface area contributed by atoms with Crippen LogP contribution in [0.2, 0.25) is 0 Å². The number of halogens is 1. The first-order valence-electron chi connectivity index (χ1n) is 7.53. The van der Waals surface area contributed by atoms with Gasteiger partial charge in [0, 0.05) is 17.3 Å². The van der Waals surface area contributed by atoms with E-state index in [9.17, 15) is 9.18 Å². The molecule has 1 unspecified atom stereocenters. The summed E-state index contributed by atoms with van der Waals surface area (Å²) < 4.78 is 14.1. The van der Waals surface area contributed by atoms with Gasteiger partial charge in [0.05, 0.1) is 5.41 Å². The number of amides is 1. The van der Waals surface area contributed by atoms with Crippen LogP contribution >= 0.6 is 0 Å². The van der Waals surface area contributed by atoms with Crippen LogP contribution in [0.5, 0.6) is 0 Å². The van der Waals surface area contributed by atoms with Gasteiger partial charge in [-0.05, 0) is 48.6 Å². The molecule has 22 heavy (non-hydrogen) atoms. The smallest absolute Gasteiger partial charge is 0.235 e. The van der Waals surface area contributed by atoms with Crippen LogP contribution in [0.25, 0.3) is 11.1 Å². The van der Waals surface area contributed by atoms with Gasteiger partial charge in [-0.25, -0.2) is 4.39 Å². The lowest BCUT2D eigenvalue weighted by molar-refractivity contribution is -0.117. The number of benzene rings is 2. The molecular formula is C18H17FN2O. The molecule has 2 aromatic rings. The van der Waals surface area contributed by atoms with Crippen LogP contribution in [0.3, 0.4) is 0 Å². The highest BCUT2D eigenvalue weighted by Gasteiger charge is 2.56. The second-order valence-corrected chi connectivity index (χ2v) is 6.32. The quantitative estimate of drug-likeness (QED) is 0.891. The number of rotatable bonds is 2. The lowest BCUT2D eigenvalue weighted by atomic mass is 9.94. The maximum absolute atomic E-state index is 14.1. The van der Waals surface area contributed by atoms with E-state index in [-0.39, 0.29) is 23.2 Å². The van der Waals surface area contributed by atoms with Crippen LogP contribution in [0.15, 0.2) is 36.4 Å². The van der Waals surface area contributed by atoms with Crippen molar-refractivity contribution in [3.05, 3.63) is 53.3 Å². The van der Waals surface area contributed by atoms with E-state index in [2.05, 4.69) is 5.32 Å². The third-order valence-electron chi connectivity index (χ3n) is 4.79. The van der Waals surface area contributed by atoms with Crippen molar-refractivity contribution in [2.45, 2.75) is 31.2 Å². The summed E-state index contributed by atoms with van der Waals surface area (Å²) in [6, 6.07) is 10.6. The molecule has 4 heteroatoms. The maximum atomic E-state index is 14.1. The molecule has 0 radical (unpaired) electrons. The molecule has 3 N–H and O–H groups in total. The number of carbonyl (C=O) groups is 1. The molecule has 1 saturated carbocycles. The van der Waals surface area contributed by atoms with Crippen molar-refractivity contribution < 1.29 is 9.18 Å². The predicted octanol–water partition coefficient (Wildman–Crippen LogP) is 3.50. The number of fused-ring (bicyclic) bond motifs is 2. The largest absolute Gasteiger partial charge is 0.325 e. The molecule has 0 aromatic heterocycles. The number of anilines is 1. The van der Waals surface area contributed by atoms with Crippen molar-refractivity contribution in [3.8, 4) is 11.1 Å². The Hall–Kier alpha value is -2.20. The Morgan fingerprint density at radius 3 is 2.50 bits per heavy atom. The monoisotopic (exact) mass is 296 g/mol. The van der Waals surface area contributed by atoms with E-state index in [0.29, 0.717) is 5.56 Å². The SMILES string of the molecule is CC(N)c1ccc(-c2ccc3c(c2)NC(=O)C32CC2)cc1F. The van der Waals surface area contributed by atoms with Crippen molar-refractivity contribution in [2.75, 3.05) is 5.32 Å². The third kappa shape index (κ3) is 1.80. The summed E-state index contributed by atoms with van der Waals surface area (Å²) >= 11 is 0. The van der Waals surface area contributed by atoms with Crippen molar-refractivity contribution in [1.82, 2.24) is 0 Å². The summed E-state index contributed by atoms with van der Waals surface area (Å²) in [7, 11) is 0. The zero-order chi connectivity index (χ0) is 15.5.